The van der Waals surface area contributed by atoms with Crippen LogP contribution in [0.2, 0.25) is 0 Å². The van der Waals surface area contributed by atoms with Gasteiger partial charge in [0.15, 0.2) is 0 Å². The normalized spacial score (nSPS) is 14.4. The summed E-state index contributed by atoms with van der Waals surface area (Å²) in [6, 6.07) is 6.53. The van der Waals surface area contributed by atoms with Gasteiger partial charge in [-0.15, -0.1) is 0 Å². The maximum Gasteiger partial charge on any atom is 0.329 e. The Labute approximate surface area is 184 Å². The summed E-state index contributed by atoms with van der Waals surface area (Å²) in [5.41, 5.74) is 3.21. The molecule has 4 N–H and O–H groups in total. The van der Waals surface area contributed by atoms with E-state index in [2.05, 4.69) is 15.3 Å². The van der Waals surface area contributed by atoms with E-state index >= 15 is 0 Å². The second kappa shape index (κ2) is 8.85. The number of ether oxygens (including phenoxy) is 1. The summed E-state index contributed by atoms with van der Waals surface area (Å²) in [6.07, 6.45) is 2.49. The summed E-state index contributed by atoms with van der Waals surface area (Å²) in [5, 5.41) is 21.9. The average molecular weight is 439 g/mol. The Hall–Kier alpha value is -3.63. The van der Waals surface area contributed by atoms with E-state index in [1.54, 1.807) is 40.4 Å². The quantitative estimate of drug-likeness (QED) is 0.443. The lowest BCUT2D eigenvalue weighted by molar-refractivity contribution is 0.0801. The molecule has 0 radical (unpaired) electrons. The van der Waals surface area contributed by atoms with Crippen molar-refractivity contribution in [2.75, 3.05) is 36.6 Å². The van der Waals surface area contributed by atoms with Crippen LogP contribution in [0.25, 0.3) is 11.0 Å². The van der Waals surface area contributed by atoms with Crippen molar-refractivity contribution in [3.8, 4) is 5.75 Å². The minimum absolute atomic E-state index is 0.0974. The zero-order chi connectivity index (χ0) is 22.8. The fraction of sp³-hybridized carbons (Fsp3) is 0.318. The van der Waals surface area contributed by atoms with Crippen LogP contribution in [0.1, 0.15) is 22.8 Å². The molecular formula is C22H25N5O5. The Kier molecular flexibility index (Phi) is 5.97. The fourth-order valence-electron chi connectivity index (χ4n) is 3.81. The first-order valence-corrected chi connectivity index (χ1v) is 10.3. The van der Waals surface area contributed by atoms with Crippen LogP contribution in [0.3, 0.4) is 0 Å². The second-order valence-electron chi connectivity index (χ2n) is 7.45. The van der Waals surface area contributed by atoms with Gasteiger partial charge in [-0.3, -0.25) is 14.6 Å². The Balaban J connectivity index is 1.71. The molecule has 3 heterocycles. The first-order chi connectivity index (χ1) is 15.5. The van der Waals surface area contributed by atoms with Gasteiger partial charge in [0.05, 0.1) is 37.7 Å². The Morgan fingerprint density at radius 1 is 1.38 bits per heavy atom. The summed E-state index contributed by atoms with van der Waals surface area (Å²) in [4.78, 5) is 36.8. The molecule has 4 rings (SSSR count). The number of nitrogens with zero attached hydrogens (tertiary/aromatic N) is 3. The average Bonchev–Trinajstić information content (AvgIpc) is 3.30. The molecule has 10 nitrogen and oxygen atoms in total. The number of H-pyrrole nitrogens is 1. The molecule has 1 aliphatic rings. The first kappa shape index (κ1) is 21.6. The predicted octanol–water partition coefficient (Wildman–Crippen LogP) is 1.62. The molecule has 0 fully saturated rings. The van der Waals surface area contributed by atoms with Crippen molar-refractivity contribution in [1.82, 2.24) is 15.3 Å². The second-order valence-corrected chi connectivity index (χ2v) is 7.45. The number of anilines is 2. The van der Waals surface area contributed by atoms with E-state index in [0.29, 0.717) is 23.6 Å². The van der Waals surface area contributed by atoms with E-state index in [9.17, 15) is 14.7 Å². The van der Waals surface area contributed by atoms with Crippen molar-refractivity contribution in [2.24, 2.45) is 0 Å². The first-order valence-electron chi connectivity index (χ1n) is 10.3. The van der Waals surface area contributed by atoms with Gasteiger partial charge in [-0.25, -0.2) is 9.78 Å². The topological polar surface area (TPSA) is 131 Å². The molecule has 3 amide bonds. The van der Waals surface area contributed by atoms with Crippen LogP contribution in [-0.2, 0) is 6.54 Å². The minimum atomic E-state index is -1.06. The number of benzene rings is 1. The fourth-order valence-corrected chi connectivity index (χ4v) is 3.81. The van der Waals surface area contributed by atoms with Gasteiger partial charge >= 0.3 is 6.03 Å². The monoisotopic (exact) mass is 439 g/mol. The molecule has 10 heteroatoms. The molecule has 0 saturated heterocycles. The van der Waals surface area contributed by atoms with Crippen LogP contribution in [-0.4, -0.2) is 65.0 Å². The van der Waals surface area contributed by atoms with Crippen LogP contribution in [0.5, 0.6) is 5.75 Å². The lowest BCUT2D eigenvalue weighted by Crippen LogP contribution is -2.47. The number of aliphatic hydroxyl groups excluding tert-OH is 2. The van der Waals surface area contributed by atoms with E-state index in [1.165, 1.54) is 7.11 Å². The van der Waals surface area contributed by atoms with Crippen molar-refractivity contribution >= 4 is 34.3 Å². The molecule has 168 valence electrons. The van der Waals surface area contributed by atoms with Gasteiger partial charge in [0.25, 0.3) is 5.91 Å². The van der Waals surface area contributed by atoms with Gasteiger partial charge in [-0.05, 0) is 25.1 Å². The van der Waals surface area contributed by atoms with Crippen LogP contribution in [0, 0.1) is 0 Å². The highest BCUT2D eigenvalue weighted by Crippen LogP contribution is 2.37. The highest BCUT2D eigenvalue weighted by molar-refractivity contribution is 6.11. The third-order valence-electron chi connectivity index (χ3n) is 5.42. The molecule has 1 aromatic carbocycles. The summed E-state index contributed by atoms with van der Waals surface area (Å²) in [7, 11) is 1.48. The number of urea groups is 1. The van der Waals surface area contributed by atoms with E-state index in [4.69, 9.17) is 9.84 Å². The molecule has 1 atom stereocenters. The summed E-state index contributed by atoms with van der Waals surface area (Å²) in [6.45, 7) is 2.10. The molecule has 1 unspecified atom stereocenters. The molecule has 0 spiro atoms. The van der Waals surface area contributed by atoms with E-state index < -0.39 is 18.6 Å². The standard InChI is InChI=1S/C22H25N5O5/c1-3-26-19-14(9-24-20-18(19)4-5-23-20)11-27(22(26)31)15-6-13(7-17(8-15)32-2)21(30)25-10-16(29)12-28/h4-9,16,28-29H,3,10-12H2,1-2H3,(H,23,24)(H,25,30). The van der Waals surface area contributed by atoms with Gasteiger partial charge in [-0.2, -0.15) is 0 Å². The molecule has 2 aromatic heterocycles. The molecule has 3 aromatic rings. The van der Waals surface area contributed by atoms with Crippen LogP contribution < -0.4 is 19.9 Å². The number of amides is 3. The molecule has 1 aliphatic heterocycles. The summed E-state index contributed by atoms with van der Waals surface area (Å²) in [5.74, 6) is -0.0400. The minimum Gasteiger partial charge on any atom is -0.497 e. The number of carbonyl (C=O) groups is 2. The maximum absolute atomic E-state index is 13.4. The van der Waals surface area contributed by atoms with Gasteiger partial charge in [0.1, 0.15) is 11.4 Å². The predicted molar refractivity (Wildman–Crippen MR) is 119 cm³/mol. The van der Waals surface area contributed by atoms with Gasteiger partial charge < -0.3 is 25.3 Å². The Morgan fingerprint density at radius 3 is 2.91 bits per heavy atom. The number of hydrogen-bond donors (Lipinski definition) is 4. The number of carbonyl (C=O) groups excluding carboxylic acids is 2. The Morgan fingerprint density at radius 2 is 2.19 bits per heavy atom. The van der Waals surface area contributed by atoms with Crippen molar-refractivity contribution in [3.63, 3.8) is 0 Å². The molecule has 32 heavy (non-hydrogen) atoms. The van der Waals surface area contributed by atoms with Gasteiger partial charge in [0.2, 0.25) is 0 Å². The molecule has 0 bridgehead atoms. The Bertz CT molecular complexity index is 1160. The third-order valence-corrected chi connectivity index (χ3v) is 5.42. The van der Waals surface area contributed by atoms with Crippen molar-refractivity contribution in [3.05, 3.63) is 47.8 Å². The number of methoxy groups -OCH3 is 1. The molecule has 0 aliphatic carbocycles. The van der Waals surface area contributed by atoms with E-state index in [1.807, 2.05) is 13.0 Å². The smallest absolute Gasteiger partial charge is 0.329 e. The number of pyridine rings is 1. The zero-order valence-corrected chi connectivity index (χ0v) is 17.8. The van der Waals surface area contributed by atoms with Crippen molar-refractivity contribution in [2.45, 2.75) is 19.6 Å². The van der Waals surface area contributed by atoms with Gasteiger partial charge in [-0.1, -0.05) is 0 Å². The molecule has 0 saturated carbocycles. The third kappa shape index (κ3) is 3.85. The van der Waals surface area contributed by atoms with Crippen molar-refractivity contribution < 1.29 is 24.5 Å². The number of aromatic amines is 1. The SMILES string of the molecule is CCN1C(=O)N(c2cc(OC)cc(C(=O)NCC(O)CO)c2)Cc2cnc3[nH]ccc3c21. The number of fused-ring (bicyclic) bond motifs is 3. The molecular weight excluding hydrogens is 414 g/mol. The van der Waals surface area contributed by atoms with Crippen LogP contribution in [0.4, 0.5) is 16.2 Å². The highest BCUT2D eigenvalue weighted by Gasteiger charge is 2.33. The summed E-state index contributed by atoms with van der Waals surface area (Å²) >= 11 is 0. The van der Waals surface area contributed by atoms with E-state index in [0.717, 1.165) is 16.6 Å². The van der Waals surface area contributed by atoms with E-state index in [-0.39, 0.29) is 24.7 Å². The number of nitrogens with one attached hydrogen (secondary N) is 2. The van der Waals surface area contributed by atoms with Gasteiger partial charge in [0, 0.05) is 48.1 Å². The summed E-state index contributed by atoms with van der Waals surface area (Å²) < 4.78 is 5.35. The van der Waals surface area contributed by atoms with Crippen LogP contribution in [0.15, 0.2) is 36.7 Å². The largest absolute Gasteiger partial charge is 0.497 e. The number of aliphatic hydroxyl groups is 2. The number of rotatable bonds is 7. The zero-order valence-electron chi connectivity index (χ0n) is 17.8. The lowest BCUT2D eigenvalue weighted by atomic mass is 10.1. The number of hydrogen-bond acceptors (Lipinski definition) is 6. The maximum atomic E-state index is 13.4. The van der Waals surface area contributed by atoms with Crippen LogP contribution >= 0.6 is 0 Å². The highest BCUT2D eigenvalue weighted by atomic mass is 16.5. The number of aromatic nitrogens is 2. The van der Waals surface area contributed by atoms with Crippen molar-refractivity contribution in [1.29, 1.82) is 0 Å². The lowest BCUT2D eigenvalue weighted by Gasteiger charge is -2.37.